The Bertz CT molecular complexity index is 1240. The minimum absolute atomic E-state index is 0.103. The van der Waals surface area contributed by atoms with Crippen molar-refractivity contribution in [2.24, 2.45) is 28.8 Å². The van der Waals surface area contributed by atoms with Crippen molar-refractivity contribution in [2.45, 2.75) is 6.42 Å². The van der Waals surface area contributed by atoms with Crippen LogP contribution < -0.4 is 19.5 Å². The van der Waals surface area contributed by atoms with Gasteiger partial charge in [0.1, 0.15) is 5.82 Å². The largest absolute Gasteiger partial charge is 0.493 e. The Morgan fingerprint density at radius 2 is 1.72 bits per heavy atom. The number of halogens is 1. The summed E-state index contributed by atoms with van der Waals surface area (Å²) < 4.78 is 29.8. The number of hydrogen-bond acceptors (Lipinski definition) is 7. The molecule has 3 amide bonds. The Balaban J connectivity index is 1.29. The number of ether oxygens (including phenoxy) is 3. The lowest BCUT2D eigenvalue weighted by atomic mass is 9.85. The average molecular weight is 493 g/mol. The average Bonchev–Trinajstić information content (AvgIpc) is 3.55. The molecule has 1 N–H and O–H groups in total. The van der Waals surface area contributed by atoms with Gasteiger partial charge in [0.15, 0.2) is 18.1 Å². The van der Waals surface area contributed by atoms with Gasteiger partial charge in [0.25, 0.3) is 17.7 Å². The number of allylic oxidation sites excluding steroid dienone is 2. The van der Waals surface area contributed by atoms with E-state index in [4.69, 9.17) is 14.2 Å². The van der Waals surface area contributed by atoms with Crippen LogP contribution in [0.3, 0.4) is 0 Å². The van der Waals surface area contributed by atoms with Gasteiger partial charge >= 0.3 is 0 Å². The third-order valence-corrected chi connectivity index (χ3v) is 6.71. The van der Waals surface area contributed by atoms with Gasteiger partial charge in [0, 0.05) is 11.3 Å². The molecule has 36 heavy (non-hydrogen) atoms. The smallest absolute Gasteiger partial charge is 0.262 e. The molecule has 0 spiro atoms. The standard InChI is InChI=1S/C26H24FN3O6/c1-34-19-8-14(12-28-30-25(32)22-15-6-7-16(10-15)23(22)26(30)33)9-20(35-2)24(19)36-13-21(31)29-18-5-3-4-17(27)11-18/h3-9,11-12,15-16,22-23H,10,13H2,1-2H3,(H,29,31). The van der Waals surface area contributed by atoms with E-state index >= 15 is 0 Å². The van der Waals surface area contributed by atoms with E-state index in [1.54, 1.807) is 18.2 Å². The molecule has 9 nitrogen and oxygen atoms in total. The second-order valence-corrected chi connectivity index (χ2v) is 8.83. The second kappa shape index (κ2) is 9.44. The number of carbonyl (C=O) groups excluding carboxylic acids is 3. The van der Waals surface area contributed by atoms with Crippen LogP contribution in [0, 0.1) is 29.5 Å². The molecular weight excluding hydrogens is 469 g/mol. The van der Waals surface area contributed by atoms with Gasteiger partial charge in [-0.05, 0) is 48.6 Å². The lowest BCUT2D eigenvalue weighted by Gasteiger charge is -2.15. The molecule has 10 heteroatoms. The number of methoxy groups -OCH3 is 2. The molecule has 2 fully saturated rings. The van der Waals surface area contributed by atoms with Crippen molar-refractivity contribution in [1.29, 1.82) is 0 Å². The molecule has 1 aliphatic heterocycles. The molecule has 0 radical (unpaired) electrons. The van der Waals surface area contributed by atoms with Crippen molar-refractivity contribution in [2.75, 3.05) is 26.1 Å². The number of rotatable bonds is 8. The van der Waals surface area contributed by atoms with Crippen LogP contribution in [0.25, 0.3) is 0 Å². The third kappa shape index (κ3) is 4.19. The number of nitrogens with one attached hydrogen (secondary N) is 1. The lowest BCUT2D eigenvalue weighted by Crippen LogP contribution is -2.28. The van der Waals surface area contributed by atoms with Crippen molar-refractivity contribution in [1.82, 2.24) is 5.01 Å². The van der Waals surface area contributed by atoms with Crippen LogP contribution in [0.15, 0.2) is 53.7 Å². The maximum atomic E-state index is 13.3. The fourth-order valence-corrected chi connectivity index (χ4v) is 5.14. The Kier molecular flexibility index (Phi) is 6.17. The second-order valence-electron chi connectivity index (χ2n) is 8.83. The molecule has 2 aromatic rings. The van der Waals surface area contributed by atoms with Crippen molar-refractivity contribution >= 4 is 29.6 Å². The molecule has 0 aromatic heterocycles. The van der Waals surface area contributed by atoms with Crippen molar-refractivity contribution in [3.05, 3.63) is 59.9 Å². The van der Waals surface area contributed by atoms with E-state index in [0.717, 1.165) is 11.4 Å². The number of hydrazone groups is 1. The highest BCUT2D eigenvalue weighted by Gasteiger charge is 2.59. The summed E-state index contributed by atoms with van der Waals surface area (Å²) in [5, 5.41) is 7.68. The Labute approximate surface area is 206 Å². The zero-order chi connectivity index (χ0) is 25.4. The summed E-state index contributed by atoms with van der Waals surface area (Å²) in [6.45, 7) is -0.382. The van der Waals surface area contributed by atoms with E-state index in [9.17, 15) is 18.8 Å². The lowest BCUT2D eigenvalue weighted by molar-refractivity contribution is -0.140. The number of amides is 3. The molecule has 2 bridgehead atoms. The van der Waals surface area contributed by atoms with Gasteiger partial charge in [-0.1, -0.05) is 18.2 Å². The molecule has 1 saturated carbocycles. The van der Waals surface area contributed by atoms with Crippen LogP contribution in [-0.2, 0) is 14.4 Å². The molecule has 3 aliphatic rings. The van der Waals surface area contributed by atoms with Crippen LogP contribution in [0.5, 0.6) is 17.2 Å². The molecule has 2 aliphatic carbocycles. The quantitative estimate of drug-likeness (QED) is 0.344. The summed E-state index contributed by atoms with van der Waals surface area (Å²) >= 11 is 0. The maximum Gasteiger partial charge on any atom is 0.262 e. The van der Waals surface area contributed by atoms with E-state index in [1.807, 2.05) is 12.2 Å². The zero-order valence-corrected chi connectivity index (χ0v) is 19.6. The minimum atomic E-state index is -0.504. The first-order chi connectivity index (χ1) is 17.4. The monoisotopic (exact) mass is 493 g/mol. The fraction of sp³-hybridized carbons (Fsp3) is 0.308. The summed E-state index contributed by atoms with van der Waals surface area (Å²) in [6, 6.07) is 8.67. The van der Waals surface area contributed by atoms with Crippen LogP contribution in [0.4, 0.5) is 10.1 Å². The molecule has 4 unspecified atom stereocenters. The topological polar surface area (TPSA) is 107 Å². The predicted octanol–water partition coefficient (Wildman–Crippen LogP) is 3.00. The first kappa shape index (κ1) is 23.5. The number of imide groups is 1. The highest BCUT2D eigenvalue weighted by atomic mass is 19.1. The summed E-state index contributed by atoms with van der Waals surface area (Å²) in [5.74, 6) is -1.29. The van der Waals surface area contributed by atoms with E-state index < -0.39 is 11.7 Å². The number of hydrogen-bond donors (Lipinski definition) is 1. The Morgan fingerprint density at radius 3 is 2.31 bits per heavy atom. The summed E-state index contributed by atoms with van der Waals surface area (Å²) in [4.78, 5) is 37.9. The van der Waals surface area contributed by atoms with Gasteiger partial charge in [-0.3, -0.25) is 14.4 Å². The van der Waals surface area contributed by atoms with Crippen molar-refractivity contribution < 1.29 is 33.0 Å². The normalized spacial score (nSPS) is 23.9. The maximum absolute atomic E-state index is 13.3. The first-order valence-electron chi connectivity index (χ1n) is 11.4. The van der Waals surface area contributed by atoms with Crippen LogP contribution in [0.1, 0.15) is 12.0 Å². The first-order valence-corrected chi connectivity index (χ1v) is 11.4. The molecule has 1 saturated heterocycles. The van der Waals surface area contributed by atoms with Crippen molar-refractivity contribution in [3.63, 3.8) is 0 Å². The Hall–Kier alpha value is -4.21. The van der Waals surface area contributed by atoms with Crippen LogP contribution >= 0.6 is 0 Å². The summed E-state index contributed by atoms with van der Waals surface area (Å²) in [6.07, 6.45) is 6.28. The van der Waals surface area contributed by atoms with E-state index in [0.29, 0.717) is 11.3 Å². The highest BCUT2D eigenvalue weighted by molar-refractivity contribution is 6.06. The van der Waals surface area contributed by atoms with E-state index in [2.05, 4.69) is 10.4 Å². The number of nitrogens with zero attached hydrogens (tertiary/aromatic N) is 2. The van der Waals surface area contributed by atoms with Gasteiger partial charge in [0.05, 0.1) is 32.3 Å². The van der Waals surface area contributed by atoms with E-state index in [1.165, 1.54) is 38.6 Å². The van der Waals surface area contributed by atoms with Crippen LogP contribution in [0.2, 0.25) is 0 Å². The molecule has 2 aromatic carbocycles. The zero-order valence-electron chi connectivity index (χ0n) is 19.6. The molecule has 1 heterocycles. The van der Waals surface area contributed by atoms with Gasteiger partial charge in [0.2, 0.25) is 5.75 Å². The van der Waals surface area contributed by atoms with Gasteiger partial charge < -0.3 is 19.5 Å². The number of benzene rings is 2. The highest BCUT2D eigenvalue weighted by Crippen LogP contribution is 2.52. The van der Waals surface area contributed by atoms with E-state index in [-0.39, 0.29) is 59.3 Å². The minimum Gasteiger partial charge on any atom is -0.493 e. The molecule has 4 atom stereocenters. The number of fused-ring (bicyclic) bond motifs is 5. The third-order valence-electron chi connectivity index (χ3n) is 6.71. The summed E-state index contributed by atoms with van der Waals surface area (Å²) in [7, 11) is 2.85. The van der Waals surface area contributed by atoms with Crippen LogP contribution in [-0.4, -0.2) is 49.8 Å². The van der Waals surface area contributed by atoms with Gasteiger partial charge in [-0.25, -0.2) is 4.39 Å². The molecule has 186 valence electrons. The van der Waals surface area contributed by atoms with Crippen molar-refractivity contribution in [3.8, 4) is 17.2 Å². The fourth-order valence-electron chi connectivity index (χ4n) is 5.14. The molecular formula is C26H24FN3O6. The Morgan fingerprint density at radius 1 is 1.08 bits per heavy atom. The van der Waals surface area contributed by atoms with Gasteiger partial charge in [-0.15, -0.1) is 0 Å². The molecule has 5 rings (SSSR count). The predicted molar refractivity (Wildman–Crippen MR) is 127 cm³/mol. The van der Waals surface area contributed by atoms with Gasteiger partial charge in [-0.2, -0.15) is 10.1 Å². The summed E-state index contributed by atoms with van der Waals surface area (Å²) in [5.41, 5.74) is 0.798. The SMILES string of the molecule is COc1cc(C=NN2C(=O)C3C4C=CC(C4)C3C2=O)cc(OC)c1OCC(=O)Nc1cccc(F)c1. The number of anilines is 1. The number of carbonyl (C=O) groups is 3.